The Balaban J connectivity index is 2.83. The zero-order chi connectivity index (χ0) is 16.8. The summed E-state index contributed by atoms with van der Waals surface area (Å²) in [6, 6.07) is 4.52. The van der Waals surface area contributed by atoms with Crippen LogP contribution in [-0.2, 0) is 19.7 Å². The third kappa shape index (κ3) is 6.33. The van der Waals surface area contributed by atoms with Crippen molar-refractivity contribution in [3.63, 3.8) is 0 Å². The van der Waals surface area contributed by atoms with Crippen molar-refractivity contribution in [1.82, 2.24) is 10.6 Å². The lowest BCUT2D eigenvalue weighted by Crippen LogP contribution is -2.42. The number of hydrogen-bond acceptors (Lipinski definition) is 6. The number of carbonyl (C=O) groups excluding carboxylic acids is 2. The number of phenols is 1. The summed E-state index contributed by atoms with van der Waals surface area (Å²) in [5, 5.41) is 14.0. The van der Waals surface area contributed by atoms with Gasteiger partial charge in [-0.3, -0.25) is 14.1 Å². The number of benzene rings is 1. The molecule has 1 unspecified atom stereocenters. The van der Waals surface area contributed by atoms with Crippen molar-refractivity contribution >= 4 is 34.6 Å². The number of thiol groups is 1. The van der Waals surface area contributed by atoms with Crippen LogP contribution in [0.25, 0.3) is 0 Å². The van der Waals surface area contributed by atoms with Crippen molar-refractivity contribution in [2.24, 2.45) is 0 Å². The molecule has 8 nitrogen and oxygen atoms in total. The van der Waals surface area contributed by atoms with Gasteiger partial charge in [-0.05, 0) is 17.7 Å². The fraction of sp³-hybridized carbons (Fsp3) is 0.333. The Morgan fingerprint density at radius 1 is 1.23 bits per heavy atom. The van der Waals surface area contributed by atoms with Gasteiger partial charge in [-0.2, -0.15) is 21.0 Å². The Hall–Kier alpha value is -1.78. The number of carbonyl (C=O) groups is 2. The van der Waals surface area contributed by atoms with Gasteiger partial charge in [0.2, 0.25) is 11.8 Å². The van der Waals surface area contributed by atoms with Gasteiger partial charge in [0, 0.05) is 6.54 Å². The fourth-order valence-corrected chi connectivity index (χ4v) is 2.03. The SMILES string of the molecule is O=C(CS)NC(C(=O)NCCS(=O)(=O)O)c1ccc(O)cc1. The van der Waals surface area contributed by atoms with Crippen LogP contribution < -0.4 is 10.6 Å². The van der Waals surface area contributed by atoms with Gasteiger partial charge in [0.05, 0.1) is 11.5 Å². The third-order valence-corrected chi connectivity index (χ3v) is 3.60. The van der Waals surface area contributed by atoms with Gasteiger partial charge < -0.3 is 15.7 Å². The van der Waals surface area contributed by atoms with Gasteiger partial charge >= 0.3 is 0 Å². The summed E-state index contributed by atoms with van der Waals surface area (Å²) in [5.74, 6) is -1.92. The minimum absolute atomic E-state index is 0.00481. The van der Waals surface area contributed by atoms with Gasteiger partial charge in [-0.25, -0.2) is 0 Å². The highest BCUT2D eigenvalue weighted by Gasteiger charge is 2.22. The van der Waals surface area contributed by atoms with Crippen LogP contribution in [-0.4, -0.2) is 47.9 Å². The summed E-state index contributed by atoms with van der Waals surface area (Å²) in [5.41, 5.74) is 0.400. The van der Waals surface area contributed by atoms with Crippen LogP contribution in [0.3, 0.4) is 0 Å². The lowest BCUT2D eigenvalue weighted by molar-refractivity contribution is -0.128. The quantitative estimate of drug-likeness (QED) is 0.333. The first-order valence-electron chi connectivity index (χ1n) is 6.15. The molecule has 0 fully saturated rings. The summed E-state index contributed by atoms with van der Waals surface area (Å²) in [7, 11) is -4.19. The molecule has 10 heteroatoms. The van der Waals surface area contributed by atoms with Crippen molar-refractivity contribution < 1.29 is 27.7 Å². The highest BCUT2D eigenvalue weighted by Crippen LogP contribution is 2.17. The molecule has 0 aliphatic rings. The van der Waals surface area contributed by atoms with Gasteiger partial charge in [0.1, 0.15) is 11.8 Å². The Kier molecular flexibility index (Phi) is 6.65. The molecule has 0 heterocycles. The number of hydrogen-bond donors (Lipinski definition) is 5. The standard InChI is InChI=1S/C12H16N2O6S2/c15-9-3-1-8(2-4-9)11(14-10(16)7-21)12(17)13-5-6-22(18,19)20/h1-4,11,15,21H,5-7H2,(H,13,17)(H,14,16)(H,18,19,20). The van der Waals surface area contributed by atoms with E-state index in [1.807, 2.05) is 0 Å². The monoisotopic (exact) mass is 348 g/mol. The van der Waals surface area contributed by atoms with Crippen LogP contribution in [0.15, 0.2) is 24.3 Å². The largest absolute Gasteiger partial charge is 0.508 e. The molecule has 1 aromatic carbocycles. The van der Waals surface area contributed by atoms with E-state index in [0.29, 0.717) is 5.56 Å². The molecule has 1 rings (SSSR count). The molecule has 0 bridgehead atoms. The van der Waals surface area contributed by atoms with E-state index >= 15 is 0 Å². The van der Waals surface area contributed by atoms with E-state index in [1.54, 1.807) is 0 Å². The van der Waals surface area contributed by atoms with Crippen molar-refractivity contribution in [3.05, 3.63) is 29.8 Å². The first-order chi connectivity index (χ1) is 10.2. The average molecular weight is 348 g/mol. The molecule has 4 N–H and O–H groups in total. The van der Waals surface area contributed by atoms with E-state index < -0.39 is 33.7 Å². The predicted octanol–water partition coefficient (Wildman–Crippen LogP) is -0.517. The van der Waals surface area contributed by atoms with Crippen LogP contribution in [0, 0.1) is 0 Å². The van der Waals surface area contributed by atoms with Crippen molar-refractivity contribution in [2.75, 3.05) is 18.1 Å². The molecule has 22 heavy (non-hydrogen) atoms. The van der Waals surface area contributed by atoms with Gasteiger partial charge in [0.25, 0.3) is 10.1 Å². The third-order valence-electron chi connectivity index (χ3n) is 2.60. The van der Waals surface area contributed by atoms with Crippen molar-refractivity contribution in [2.45, 2.75) is 6.04 Å². The molecule has 1 aromatic rings. The molecule has 0 radical (unpaired) electrons. The second-order valence-corrected chi connectivity index (χ2v) is 6.22. The zero-order valence-electron chi connectivity index (χ0n) is 11.4. The summed E-state index contributed by atoms with van der Waals surface area (Å²) in [6.45, 7) is -0.303. The van der Waals surface area contributed by atoms with Gasteiger partial charge in [0.15, 0.2) is 0 Å². The summed E-state index contributed by atoms with van der Waals surface area (Å²) in [6.07, 6.45) is 0. The maximum atomic E-state index is 12.1. The minimum Gasteiger partial charge on any atom is -0.508 e. The molecular formula is C12H16N2O6S2. The number of rotatable bonds is 7. The van der Waals surface area contributed by atoms with E-state index in [2.05, 4.69) is 23.3 Å². The smallest absolute Gasteiger partial charge is 0.266 e. The number of amides is 2. The summed E-state index contributed by atoms with van der Waals surface area (Å²) >= 11 is 3.80. The van der Waals surface area contributed by atoms with E-state index in [-0.39, 0.29) is 18.0 Å². The Bertz CT molecular complexity index is 630. The van der Waals surface area contributed by atoms with Gasteiger partial charge in [-0.15, -0.1) is 0 Å². The summed E-state index contributed by atoms with van der Waals surface area (Å²) in [4.78, 5) is 23.5. The molecule has 0 saturated heterocycles. The average Bonchev–Trinajstić information content (AvgIpc) is 2.44. The first-order valence-corrected chi connectivity index (χ1v) is 8.39. The van der Waals surface area contributed by atoms with E-state index in [1.165, 1.54) is 24.3 Å². The maximum Gasteiger partial charge on any atom is 0.266 e. The topological polar surface area (TPSA) is 133 Å². The van der Waals surface area contributed by atoms with E-state index in [4.69, 9.17) is 4.55 Å². The molecule has 1 atom stereocenters. The van der Waals surface area contributed by atoms with Crippen LogP contribution in [0.5, 0.6) is 5.75 Å². The molecule has 0 aliphatic heterocycles. The van der Waals surface area contributed by atoms with Crippen LogP contribution in [0.2, 0.25) is 0 Å². The highest BCUT2D eigenvalue weighted by atomic mass is 32.2. The number of aromatic hydroxyl groups is 1. The maximum absolute atomic E-state index is 12.1. The van der Waals surface area contributed by atoms with Gasteiger partial charge in [-0.1, -0.05) is 12.1 Å². The molecule has 2 amide bonds. The lowest BCUT2D eigenvalue weighted by atomic mass is 10.1. The van der Waals surface area contributed by atoms with Crippen LogP contribution >= 0.6 is 12.6 Å². The van der Waals surface area contributed by atoms with Crippen LogP contribution in [0.1, 0.15) is 11.6 Å². The molecule has 0 aromatic heterocycles. The summed E-state index contributed by atoms with van der Waals surface area (Å²) < 4.78 is 29.8. The number of nitrogens with one attached hydrogen (secondary N) is 2. The second-order valence-electron chi connectivity index (χ2n) is 4.33. The van der Waals surface area contributed by atoms with Crippen LogP contribution in [0.4, 0.5) is 0 Å². The fourth-order valence-electron chi connectivity index (χ4n) is 1.58. The minimum atomic E-state index is -4.19. The molecule has 0 spiro atoms. The Morgan fingerprint density at radius 2 is 1.82 bits per heavy atom. The predicted molar refractivity (Wildman–Crippen MR) is 82.3 cm³/mol. The number of phenolic OH excluding ortho intramolecular Hbond substituents is 1. The molecule has 0 saturated carbocycles. The Labute approximate surface area is 133 Å². The molecule has 0 aliphatic carbocycles. The van der Waals surface area contributed by atoms with Crippen molar-refractivity contribution in [3.8, 4) is 5.75 Å². The molecular weight excluding hydrogens is 332 g/mol. The second kappa shape index (κ2) is 8.01. The zero-order valence-corrected chi connectivity index (χ0v) is 13.1. The highest BCUT2D eigenvalue weighted by molar-refractivity contribution is 7.85. The van der Waals surface area contributed by atoms with Crippen molar-refractivity contribution in [1.29, 1.82) is 0 Å². The van der Waals surface area contributed by atoms with E-state index in [0.717, 1.165) is 0 Å². The Morgan fingerprint density at radius 3 is 2.32 bits per heavy atom. The normalized spacial score (nSPS) is 12.5. The first kappa shape index (κ1) is 18.3. The lowest BCUT2D eigenvalue weighted by Gasteiger charge is -2.18. The van der Waals surface area contributed by atoms with E-state index in [9.17, 15) is 23.1 Å². The molecule has 122 valence electrons.